The average molecular weight is 283 g/mol. The number of benzene rings is 1. The number of halogens is 1. The molecular formula is C16H27ClN2. The van der Waals surface area contributed by atoms with Gasteiger partial charge in [0.05, 0.1) is 0 Å². The molecule has 0 spiro atoms. The van der Waals surface area contributed by atoms with Crippen LogP contribution in [-0.4, -0.2) is 19.1 Å². The van der Waals surface area contributed by atoms with Gasteiger partial charge in [-0.05, 0) is 43.9 Å². The maximum atomic E-state index is 6.36. The highest BCUT2D eigenvalue weighted by Gasteiger charge is 2.15. The van der Waals surface area contributed by atoms with Crippen molar-refractivity contribution >= 4 is 17.3 Å². The largest absolute Gasteiger partial charge is 0.371 e. The van der Waals surface area contributed by atoms with Crippen molar-refractivity contribution in [2.45, 2.75) is 46.6 Å². The molecule has 2 nitrogen and oxygen atoms in total. The second-order valence-corrected chi connectivity index (χ2v) is 5.88. The maximum absolute atomic E-state index is 6.36. The summed E-state index contributed by atoms with van der Waals surface area (Å²) in [5.74, 6) is 0.682. The van der Waals surface area contributed by atoms with E-state index in [1.165, 1.54) is 17.7 Å². The predicted molar refractivity (Wildman–Crippen MR) is 86.1 cm³/mol. The van der Waals surface area contributed by atoms with Gasteiger partial charge in [-0.15, -0.1) is 0 Å². The normalized spacial score (nSPS) is 14.2. The molecule has 3 heteroatoms. The minimum Gasteiger partial charge on any atom is -0.371 e. The highest BCUT2D eigenvalue weighted by atomic mass is 35.5. The molecule has 2 unspecified atom stereocenters. The topological polar surface area (TPSA) is 29.3 Å². The zero-order valence-corrected chi connectivity index (χ0v) is 13.4. The molecule has 0 saturated heterocycles. The third-order valence-corrected chi connectivity index (χ3v) is 3.93. The minimum absolute atomic E-state index is 0.126. The predicted octanol–water partition coefficient (Wildman–Crippen LogP) is 4.10. The van der Waals surface area contributed by atoms with Crippen LogP contribution in [0.25, 0.3) is 0 Å². The summed E-state index contributed by atoms with van der Waals surface area (Å²) >= 11 is 6.36. The van der Waals surface area contributed by atoms with Gasteiger partial charge in [-0.25, -0.2) is 0 Å². The van der Waals surface area contributed by atoms with Crippen molar-refractivity contribution < 1.29 is 0 Å². The summed E-state index contributed by atoms with van der Waals surface area (Å²) in [5, 5.41) is 0.831. The zero-order chi connectivity index (χ0) is 14.4. The molecule has 0 saturated carbocycles. The van der Waals surface area contributed by atoms with Gasteiger partial charge in [-0.3, -0.25) is 0 Å². The van der Waals surface area contributed by atoms with Crippen molar-refractivity contribution in [1.29, 1.82) is 0 Å². The van der Waals surface area contributed by atoms with E-state index < -0.39 is 0 Å². The number of nitrogens with zero attached hydrogens (tertiary/aromatic N) is 1. The first-order valence-electron chi connectivity index (χ1n) is 7.27. The standard InChI is InChI=1S/C16H27ClN2/c1-5-12(3)11-19(6-2)16-9-7-8-15(17)14(16)10-13(4)18/h7-9,12-13H,5-6,10-11,18H2,1-4H3. The molecule has 0 aliphatic heterocycles. The molecule has 0 heterocycles. The number of rotatable bonds is 7. The van der Waals surface area contributed by atoms with Crippen molar-refractivity contribution in [2.24, 2.45) is 11.7 Å². The molecular weight excluding hydrogens is 256 g/mol. The maximum Gasteiger partial charge on any atom is 0.0459 e. The Kier molecular flexibility index (Phi) is 6.67. The Morgan fingerprint density at radius 2 is 1.95 bits per heavy atom. The lowest BCUT2D eigenvalue weighted by molar-refractivity contribution is 0.547. The average Bonchev–Trinajstić information content (AvgIpc) is 2.38. The van der Waals surface area contributed by atoms with Crippen LogP contribution < -0.4 is 10.6 Å². The lowest BCUT2D eigenvalue weighted by Crippen LogP contribution is -2.30. The molecule has 0 amide bonds. The Balaban J connectivity index is 3.05. The van der Waals surface area contributed by atoms with Crippen LogP contribution in [0.1, 0.15) is 39.7 Å². The quantitative estimate of drug-likeness (QED) is 0.816. The van der Waals surface area contributed by atoms with Crippen molar-refractivity contribution in [3.63, 3.8) is 0 Å². The molecule has 19 heavy (non-hydrogen) atoms. The SMILES string of the molecule is CCC(C)CN(CC)c1cccc(Cl)c1CC(C)N. The summed E-state index contributed by atoms with van der Waals surface area (Å²) in [7, 11) is 0. The van der Waals surface area contributed by atoms with Crippen molar-refractivity contribution in [1.82, 2.24) is 0 Å². The van der Waals surface area contributed by atoms with E-state index in [2.05, 4.69) is 31.7 Å². The lowest BCUT2D eigenvalue weighted by atomic mass is 10.0. The highest BCUT2D eigenvalue weighted by molar-refractivity contribution is 6.31. The van der Waals surface area contributed by atoms with Crippen LogP contribution in [-0.2, 0) is 6.42 Å². The van der Waals surface area contributed by atoms with Crippen LogP contribution in [0.4, 0.5) is 5.69 Å². The van der Waals surface area contributed by atoms with Gasteiger partial charge in [0.1, 0.15) is 0 Å². The van der Waals surface area contributed by atoms with Crippen molar-refractivity contribution in [3.05, 3.63) is 28.8 Å². The minimum atomic E-state index is 0.126. The molecule has 0 aliphatic rings. The summed E-state index contributed by atoms with van der Waals surface area (Å²) in [5.41, 5.74) is 8.38. The first-order chi connectivity index (χ1) is 8.99. The van der Waals surface area contributed by atoms with Gasteiger partial charge in [0, 0.05) is 29.8 Å². The van der Waals surface area contributed by atoms with E-state index in [0.29, 0.717) is 5.92 Å². The molecule has 0 aliphatic carbocycles. The van der Waals surface area contributed by atoms with Gasteiger partial charge in [0.15, 0.2) is 0 Å². The molecule has 0 bridgehead atoms. The number of hydrogen-bond acceptors (Lipinski definition) is 2. The Morgan fingerprint density at radius 1 is 1.26 bits per heavy atom. The summed E-state index contributed by atoms with van der Waals surface area (Å²) in [4.78, 5) is 2.41. The zero-order valence-electron chi connectivity index (χ0n) is 12.6. The first kappa shape index (κ1) is 16.3. The van der Waals surface area contributed by atoms with Gasteiger partial charge in [-0.1, -0.05) is 37.9 Å². The van der Waals surface area contributed by atoms with E-state index in [9.17, 15) is 0 Å². The fourth-order valence-corrected chi connectivity index (χ4v) is 2.52. The smallest absolute Gasteiger partial charge is 0.0459 e. The van der Waals surface area contributed by atoms with Gasteiger partial charge in [-0.2, -0.15) is 0 Å². The van der Waals surface area contributed by atoms with Crippen LogP contribution in [0.15, 0.2) is 18.2 Å². The third kappa shape index (κ3) is 4.70. The molecule has 0 fully saturated rings. The van der Waals surface area contributed by atoms with Gasteiger partial charge in [0.25, 0.3) is 0 Å². The van der Waals surface area contributed by atoms with E-state index in [1.54, 1.807) is 0 Å². The molecule has 1 rings (SSSR count). The molecule has 1 aromatic rings. The Labute approximate surface area is 122 Å². The number of nitrogens with two attached hydrogens (primary N) is 1. The van der Waals surface area contributed by atoms with Gasteiger partial charge >= 0.3 is 0 Å². The van der Waals surface area contributed by atoms with Crippen LogP contribution in [0, 0.1) is 5.92 Å². The summed E-state index contributed by atoms with van der Waals surface area (Å²) < 4.78 is 0. The van der Waals surface area contributed by atoms with Crippen LogP contribution in [0.5, 0.6) is 0 Å². The van der Waals surface area contributed by atoms with E-state index >= 15 is 0 Å². The van der Waals surface area contributed by atoms with Gasteiger partial charge in [0.2, 0.25) is 0 Å². The highest BCUT2D eigenvalue weighted by Crippen LogP contribution is 2.29. The third-order valence-electron chi connectivity index (χ3n) is 3.57. The summed E-state index contributed by atoms with van der Waals surface area (Å²) in [6.07, 6.45) is 2.02. The second kappa shape index (κ2) is 7.76. The van der Waals surface area contributed by atoms with Gasteiger partial charge < -0.3 is 10.6 Å². The van der Waals surface area contributed by atoms with E-state index in [0.717, 1.165) is 24.5 Å². The monoisotopic (exact) mass is 282 g/mol. The number of hydrogen-bond donors (Lipinski definition) is 1. The fraction of sp³-hybridized carbons (Fsp3) is 0.625. The molecule has 108 valence electrons. The Bertz CT molecular complexity index is 390. The lowest BCUT2D eigenvalue weighted by Gasteiger charge is -2.29. The van der Waals surface area contributed by atoms with Crippen LogP contribution in [0.2, 0.25) is 5.02 Å². The summed E-state index contributed by atoms with van der Waals surface area (Å²) in [6.45, 7) is 10.8. The Morgan fingerprint density at radius 3 is 2.47 bits per heavy atom. The first-order valence-corrected chi connectivity index (χ1v) is 7.65. The van der Waals surface area contributed by atoms with Crippen LogP contribution in [0.3, 0.4) is 0 Å². The molecule has 2 atom stereocenters. The van der Waals surface area contributed by atoms with E-state index in [-0.39, 0.29) is 6.04 Å². The summed E-state index contributed by atoms with van der Waals surface area (Å²) in [6, 6.07) is 6.28. The molecule has 1 aromatic carbocycles. The molecule has 2 N–H and O–H groups in total. The fourth-order valence-electron chi connectivity index (χ4n) is 2.27. The van der Waals surface area contributed by atoms with E-state index in [1.807, 2.05) is 19.1 Å². The van der Waals surface area contributed by atoms with Crippen LogP contribution >= 0.6 is 11.6 Å². The Hall–Kier alpha value is -0.730. The second-order valence-electron chi connectivity index (χ2n) is 5.47. The van der Waals surface area contributed by atoms with Crippen molar-refractivity contribution in [2.75, 3.05) is 18.0 Å². The molecule has 0 radical (unpaired) electrons. The van der Waals surface area contributed by atoms with Crippen molar-refractivity contribution in [3.8, 4) is 0 Å². The number of anilines is 1. The molecule has 0 aromatic heterocycles. The van der Waals surface area contributed by atoms with E-state index in [4.69, 9.17) is 17.3 Å².